The summed E-state index contributed by atoms with van der Waals surface area (Å²) in [5, 5.41) is 2.74. The Morgan fingerprint density at radius 1 is 1.00 bits per heavy atom. The highest BCUT2D eigenvalue weighted by Gasteiger charge is 2.29. The fourth-order valence-corrected chi connectivity index (χ4v) is 2.81. The smallest absolute Gasteiger partial charge is 0.348 e. The fraction of sp³-hybridized carbons (Fsp3) is 0.278. The zero-order valence-corrected chi connectivity index (χ0v) is 12.4. The topological polar surface area (TPSA) is 29.1 Å². The molecule has 1 amide bonds. The molecule has 0 bridgehead atoms. The van der Waals surface area contributed by atoms with E-state index in [1.807, 2.05) is 12.1 Å². The molecule has 0 heterocycles. The van der Waals surface area contributed by atoms with Crippen molar-refractivity contribution in [3.05, 3.63) is 70.3 Å². The van der Waals surface area contributed by atoms with Crippen LogP contribution in [0.5, 0.6) is 0 Å². The van der Waals surface area contributed by atoms with E-state index in [0.29, 0.717) is 11.1 Å². The molecule has 1 N–H and O–H groups in total. The van der Waals surface area contributed by atoms with Crippen molar-refractivity contribution in [2.75, 3.05) is 0 Å². The Hall–Kier alpha value is -2.30. The molecule has 0 saturated heterocycles. The third-order valence-corrected chi connectivity index (χ3v) is 4.10. The number of alkyl halides is 3. The van der Waals surface area contributed by atoms with Crippen LogP contribution in [0.2, 0.25) is 0 Å². The van der Waals surface area contributed by atoms with Crippen molar-refractivity contribution in [1.29, 1.82) is 0 Å². The van der Waals surface area contributed by atoms with Gasteiger partial charge in [-0.15, -0.1) is 0 Å². The standard InChI is InChI=1S/C18H16F3NO/c19-18(20,21)16-8-4-12(5-9-16)11-22-17(23)15-7-6-13-2-1-3-14(13)10-15/h4-10H,1-3,11H2,(H,22,23). The molecule has 0 fully saturated rings. The van der Waals surface area contributed by atoms with E-state index in [1.54, 1.807) is 6.07 Å². The number of hydrogen-bond donors (Lipinski definition) is 1. The van der Waals surface area contributed by atoms with Gasteiger partial charge in [0, 0.05) is 12.1 Å². The molecule has 0 atom stereocenters. The third kappa shape index (κ3) is 3.55. The highest BCUT2D eigenvalue weighted by Crippen LogP contribution is 2.29. The molecule has 0 aromatic heterocycles. The Kier molecular flexibility index (Phi) is 4.11. The van der Waals surface area contributed by atoms with Crippen molar-refractivity contribution < 1.29 is 18.0 Å². The Balaban J connectivity index is 1.63. The van der Waals surface area contributed by atoms with Crippen LogP contribution in [0.1, 0.15) is 39.0 Å². The van der Waals surface area contributed by atoms with Crippen LogP contribution in [0.3, 0.4) is 0 Å². The van der Waals surface area contributed by atoms with Gasteiger partial charge in [-0.05, 0) is 60.2 Å². The summed E-state index contributed by atoms with van der Waals surface area (Å²) >= 11 is 0. The minimum Gasteiger partial charge on any atom is -0.348 e. The van der Waals surface area contributed by atoms with Crippen molar-refractivity contribution in [3.63, 3.8) is 0 Å². The van der Waals surface area contributed by atoms with Gasteiger partial charge in [-0.1, -0.05) is 18.2 Å². The van der Waals surface area contributed by atoms with Gasteiger partial charge in [-0.3, -0.25) is 4.79 Å². The van der Waals surface area contributed by atoms with Gasteiger partial charge < -0.3 is 5.32 Å². The van der Waals surface area contributed by atoms with Crippen molar-refractivity contribution in [2.24, 2.45) is 0 Å². The van der Waals surface area contributed by atoms with Crippen LogP contribution in [0, 0.1) is 0 Å². The number of carbonyl (C=O) groups excluding carboxylic acids is 1. The predicted molar refractivity (Wildman–Crippen MR) is 81.1 cm³/mol. The van der Waals surface area contributed by atoms with Gasteiger partial charge in [-0.25, -0.2) is 0 Å². The predicted octanol–water partition coefficient (Wildman–Crippen LogP) is 4.12. The van der Waals surface area contributed by atoms with E-state index in [9.17, 15) is 18.0 Å². The summed E-state index contributed by atoms with van der Waals surface area (Å²) in [4.78, 5) is 12.2. The van der Waals surface area contributed by atoms with Crippen molar-refractivity contribution in [1.82, 2.24) is 5.32 Å². The fourth-order valence-electron chi connectivity index (χ4n) is 2.81. The van der Waals surface area contributed by atoms with Gasteiger partial charge >= 0.3 is 6.18 Å². The number of carbonyl (C=O) groups is 1. The molecule has 0 aliphatic heterocycles. The van der Waals surface area contributed by atoms with Crippen molar-refractivity contribution in [3.8, 4) is 0 Å². The van der Waals surface area contributed by atoms with E-state index in [1.165, 1.54) is 23.3 Å². The van der Waals surface area contributed by atoms with Crippen LogP contribution in [-0.2, 0) is 25.6 Å². The van der Waals surface area contributed by atoms with E-state index in [-0.39, 0.29) is 12.5 Å². The van der Waals surface area contributed by atoms with E-state index in [2.05, 4.69) is 5.32 Å². The highest BCUT2D eigenvalue weighted by molar-refractivity contribution is 5.94. The number of nitrogens with one attached hydrogen (secondary N) is 1. The van der Waals surface area contributed by atoms with Crippen LogP contribution in [0.25, 0.3) is 0 Å². The number of hydrogen-bond acceptors (Lipinski definition) is 1. The summed E-state index contributed by atoms with van der Waals surface area (Å²) in [6.07, 6.45) is -1.17. The van der Waals surface area contributed by atoms with Gasteiger partial charge in [0.2, 0.25) is 0 Å². The first-order valence-electron chi connectivity index (χ1n) is 7.49. The molecule has 1 aliphatic carbocycles. The molecule has 0 radical (unpaired) electrons. The molecular formula is C18H16F3NO. The number of amides is 1. The monoisotopic (exact) mass is 319 g/mol. The lowest BCUT2D eigenvalue weighted by Crippen LogP contribution is -2.23. The molecule has 3 rings (SSSR count). The van der Waals surface area contributed by atoms with Crippen molar-refractivity contribution >= 4 is 5.91 Å². The van der Waals surface area contributed by atoms with Gasteiger partial charge in [-0.2, -0.15) is 13.2 Å². The molecule has 2 nitrogen and oxygen atoms in total. The average Bonchev–Trinajstić information content (AvgIpc) is 2.99. The van der Waals surface area contributed by atoms with E-state index < -0.39 is 11.7 Å². The molecule has 0 saturated carbocycles. The average molecular weight is 319 g/mol. The molecule has 2 aromatic carbocycles. The van der Waals surface area contributed by atoms with Crippen LogP contribution in [0.4, 0.5) is 13.2 Å². The number of halogens is 3. The van der Waals surface area contributed by atoms with Gasteiger partial charge in [0.05, 0.1) is 5.56 Å². The molecule has 120 valence electrons. The number of aryl methyl sites for hydroxylation is 2. The molecule has 1 aliphatic rings. The molecule has 2 aromatic rings. The lowest BCUT2D eigenvalue weighted by atomic mass is 10.1. The minimum absolute atomic E-state index is 0.202. The summed E-state index contributed by atoms with van der Waals surface area (Å²) in [7, 11) is 0. The maximum absolute atomic E-state index is 12.5. The van der Waals surface area contributed by atoms with E-state index in [0.717, 1.165) is 31.4 Å². The van der Waals surface area contributed by atoms with Gasteiger partial charge in [0.25, 0.3) is 5.91 Å². The van der Waals surface area contributed by atoms with Crippen LogP contribution < -0.4 is 5.32 Å². The quantitative estimate of drug-likeness (QED) is 0.906. The lowest BCUT2D eigenvalue weighted by Gasteiger charge is -2.09. The second kappa shape index (κ2) is 6.07. The van der Waals surface area contributed by atoms with Crippen molar-refractivity contribution in [2.45, 2.75) is 32.0 Å². The largest absolute Gasteiger partial charge is 0.416 e. The second-order valence-corrected chi connectivity index (χ2v) is 5.71. The summed E-state index contributed by atoms with van der Waals surface area (Å²) in [6.45, 7) is 0.202. The molecule has 5 heteroatoms. The SMILES string of the molecule is O=C(NCc1ccc(C(F)(F)F)cc1)c1ccc2c(c1)CCC2. The van der Waals surface area contributed by atoms with Crippen LogP contribution in [0.15, 0.2) is 42.5 Å². The second-order valence-electron chi connectivity index (χ2n) is 5.71. The molecule has 0 spiro atoms. The Bertz CT molecular complexity index is 720. The Morgan fingerprint density at radius 3 is 2.39 bits per heavy atom. The minimum atomic E-state index is -4.34. The first-order valence-corrected chi connectivity index (χ1v) is 7.49. The van der Waals surface area contributed by atoms with Gasteiger partial charge in [0.1, 0.15) is 0 Å². The molecular weight excluding hydrogens is 303 g/mol. The Labute approximate surface area is 132 Å². The highest BCUT2D eigenvalue weighted by atomic mass is 19.4. The zero-order valence-electron chi connectivity index (χ0n) is 12.4. The first-order chi connectivity index (χ1) is 10.9. The summed E-state index contributed by atoms with van der Waals surface area (Å²) in [5.41, 5.74) is 3.05. The first kappa shape index (κ1) is 15.6. The molecule has 0 unspecified atom stereocenters. The Morgan fingerprint density at radius 2 is 1.70 bits per heavy atom. The summed E-state index contributed by atoms with van der Waals surface area (Å²) in [6, 6.07) is 10.5. The molecule has 23 heavy (non-hydrogen) atoms. The maximum Gasteiger partial charge on any atom is 0.416 e. The van der Waals surface area contributed by atoms with Gasteiger partial charge in [0.15, 0.2) is 0 Å². The number of fused-ring (bicyclic) bond motifs is 1. The normalized spacial score (nSPS) is 13.7. The third-order valence-electron chi connectivity index (χ3n) is 4.10. The van der Waals surface area contributed by atoms with E-state index in [4.69, 9.17) is 0 Å². The summed E-state index contributed by atoms with van der Waals surface area (Å²) in [5.74, 6) is -0.209. The summed E-state index contributed by atoms with van der Waals surface area (Å²) < 4.78 is 37.5. The van der Waals surface area contributed by atoms with E-state index >= 15 is 0 Å². The maximum atomic E-state index is 12.5. The number of rotatable bonds is 3. The van der Waals surface area contributed by atoms with Crippen LogP contribution >= 0.6 is 0 Å². The van der Waals surface area contributed by atoms with Crippen LogP contribution in [-0.4, -0.2) is 5.91 Å². The number of benzene rings is 2. The lowest BCUT2D eigenvalue weighted by molar-refractivity contribution is -0.137. The zero-order chi connectivity index (χ0) is 16.4.